The summed E-state index contributed by atoms with van der Waals surface area (Å²) in [6.45, 7) is 1.59. The van der Waals surface area contributed by atoms with Gasteiger partial charge in [-0.15, -0.1) is 11.3 Å². The van der Waals surface area contributed by atoms with Gasteiger partial charge in [-0.25, -0.2) is 13.1 Å². The van der Waals surface area contributed by atoms with Gasteiger partial charge in [0.1, 0.15) is 0 Å². The Kier molecular flexibility index (Phi) is 4.82. The van der Waals surface area contributed by atoms with Crippen molar-refractivity contribution in [3.05, 3.63) is 51.2 Å². The molecule has 2 aromatic rings. The van der Waals surface area contributed by atoms with Crippen LogP contribution in [0.4, 0.5) is 0 Å². The Morgan fingerprint density at radius 2 is 2.15 bits per heavy atom. The number of sulfonamides is 1. The van der Waals surface area contributed by atoms with Crippen molar-refractivity contribution in [3.8, 4) is 0 Å². The Balaban J connectivity index is 2.19. The van der Waals surface area contributed by atoms with Crippen molar-refractivity contribution in [2.45, 2.75) is 24.5 Å². The molecule has 1 atom stereocenters. The van der Waals surface area contributed by atoms with Gasteiger partial charge in [0.15, 0.2) is 0 Å². The molecule has 0 aliphatic heterocycles. The minimum Gasteiger partial charge on any atom is -0.391 e. The molecule has 1 unspecified atom stereocenters. The predicted molar refractivity (Wildman–Crippen MR) is 80.4 cm³/mol. The van der Waals surface area contributed by atoms with Crippen molar-refractivity contribution < 1.29 is 13.5 Å². The lowest BCUT2D eigenvalue weighted by Crippen LogP contribution is -2.26. The van der Waals surface area contributed by atoms with E-state index in [0.717, 1.165) is 5.56 Å². The van der Waals surface area contributed by atoms with Crippen molar-refractivity contribution in [1.82, 2.24) is 4.72 Å². The molecule has 0 spiro atoms. The smallest absolute Gasteiger partial charge is 0.241 e. The van der Waals surface area contributed by atoms with Crippen LogP contribution in [0, 0.1) is 0 Å². The van der Waals surface area contributed by atoms with Gasteiger partial charge in [-0.1, -0.05) is 23.7 Å². The molecule has 4 nitrogen and oxygen atoms in total. The molecule has 7 heteroatoms. The Labute approximate surface area is 127 Å². The van der Waals surface area contributed by atoms with Gasteiger partial charge in [-0.05, 0) is 30.7 Å². The molecular weight excluding hydrogens is 318 g/mol. The van der Waals surface area contributed by atoms with Crippen LogP contribution in [0.2, 0.25) is 5.02 Å². The maximum absolute atomic E-state index is 12.2. The number of aliphatic hydroxyl groups excluding tert-OH is 1. The highest BCUT2D eigenvalue weighted by Gasteiger charge is 2.19. The minimum atomic E-state index is -3.60. The van der Waals surface area contributed by atoms with Crippen LogP contribution in [0.3, 0.4) is 0 Å². The molecule has 0 aliphatic rings. The van der Waals surface area contributed by atoms with E-state index in [1.807, 2.05) is 6.07 Å². The molecule has 0 aliphatic carbocycles. The predicted octanol–water partition coefficient (Wildman–Crippen LogP) is 2.93. The van der Waals surface area contributed by atoms with Gasteiger partial charge in [0, 0.05) is 21.3 Å². The first-order valence-electron chi connectivity index (χ1n) is 5.88. The topological polar surface area (TPSA) is 66.4 Å². The molecule has 0 amide bonds. The normalized spacial score (nSPS) is 13.3. The first kappa shape index (κ1) is 15.5. The average Bonchev–Trinajstić information content (AvgIpc) is 2.87. The molecule has 0 radical (unpaired) electrons. The van der Waals surface area contributed by atoms with Gasteiger partial charge in [-0.3, -0.25) is 0 Å². The van der Waals surface area contributed by atoms with Gasteiger partial charge in [-0.2, -0.15) is 0 Å². The van der Waals surface area contributed by atoms with Gasteiger partial charge in [0.05, 0.1) is 11.5 Å². The fourth-order valence-corrected chi connectivity index (χ4v) is 4.29. The van der Waals surface area contributed by atoms with Crippen LogP contribution in [-0.4, -0.2) is 13.5 Å². The van der Waals surface area contributed by atoms with Crippen molar-refractivity contribution in [1.29, 1.82) is 0 Å². The number of rotatable bonds is 5. The van der Waals surface area contributed by atoms with E-state index in [-0.39, 0.29) is 11.5 Å². The van der Waals surface area contributed by atoms with Crippen molar-refractivity contribution in [2.24, 2.45) is 0 Å². The number of hydrogen-bond donors (Lipinski definition) is 2. The fourth-order valence-electron chi connectivity index (χ4n) is 1.73. The maximum atomic E-state index is 12.2. The lowest BCUT2D eigenvalue weighted by atomic mass is 10.1. The summed E-state index contributed by atoms with van der Waals surface area (Å²) < 4.78 is 27.0. The number of hydrogen-bond acceptors (Lipinski definition) is 4. The second-order valence-corrected chi connectivity index (χ2v) is 7.45. The van der Waals surface area contributed by atoms with E-state index in [2.05, 4.69) is 4.72 Å². The van der Waals surface area contributed by atoms with E-state index >= 15 is 0 Å². The second-order valence-electron chi connectivity index (χ2n) is 4.30. The lowest BCUT2D eigenvalue weighted by molar-refractivity contribution is 0.285. The largest absolute Gasteiger partial charge is 0.391 e. The molecule has 0 saturated carbocycles. The molecule has 1 aromatic heterocycles. The summed E-state index contributed by atoms with van der Waals surface area (Å²) in [6.07, 6.45) is 0. The number of aliphatic hydroxyl groups is 1. The molecule has 2 rings (SSSR count). The Morgan fingerprint density at radius 3 is 2.75 bits per heavy atom. The summed E-state index contributed by atoms with van der Waals surface area (Å²) in [5, 5.41) is 11.1. The zero-order valence-corrected chi connectivity index (χ0v) is 13.1. The van der Waals surface area contributed by atoms with Crippen molar-refractivity contribution >= 4 is 33.0 Å². The summed E-state index contributed by atoms with van der Waals surface area (Å²) >= 11 is 7.11. The van der Waals surface area contributed by atoms with E-state index in [4.69, 9.17) is 16.7 Å². The monoisotopic (exact) mass is 331 g/mol. The van der Waals surface area contributed by atoms with Crippen LogP contribution in [-0.2, 0) is 16.6 Å². The lowest BCUT2D eigenvalue weighted by Gasteiger charge is -2.14. The van der Waals surface area contributed by atoms with Gasteiger partial charge in [0.2, 0.25) is 10.0 Å². The van der Waals surface area contributed by atoms with Crippen molar-refractivity contribution in [2.75, 3.05) is 0 Å². The molecule has 20 heavy (non-hydrogen) atoms. The summed E-state index contributed by atoms with van der Waals surface area (Å²) in [7, 11) is -3.60. The average molecular weight is 332 g/mol. The van der Waals surface area contributed by atoms with E-state index in [1.54, 1.807) is 25.1 Å². The number of halogens is 1. The SMILES string of the molecule is CC(NS(=O)(=O)c1csc(CO)c1)c1cccc(Cl)c1. The summed E-state index contributed by atoms with van der Waals surface area (Å²) in [5.74, 6) is 0. The van der Waals surface area contributed by atoms with Gasteiger partial charge in [0.25, 0.3) is 0 Å². The molecule has 0 fully saturated rings. The zero-order chi connectivity index (χ0) is 14.8. The van der Waals surface area contributed by atoms with E-state index in [9.17, 15) is 8.42 Å². The van der Waals surface area contributed by atoms with Crippen LogP contribution < -0.4 is 4.72 Å². The molecule has 1 aromatic carbocycles. The number of thiophene rings is 1. The first-order chi connectivity index (χ1) is 9.42. The Morgan fingerprint density at radius 1 is 1.40 bits per heavy atom. The quantitative estimate of drug-likeness (QED) is 0.885. The van der Waals surface area contributed by atoms with E-state index in [1.165, 1.54) is 22.8 Å². The third kappa shape index (κ3) is 3.59. The van der Waals surface area contributed by atoms with Crippen molar-refractivity contribution in [3.63, 3.8) is 0 Å². The summed E-state index contributed by atoms with van der Waals surface area (Å²) in [5.41, 5.74) is 0.790. The van der Waals surface area contributed by atoms with Crippen LogP contribution in [0.5, 0.6) is 0 Å². The number of nitrogens with one attached hydrogen (secondary N) is 1. The summed E-state index contributed by atoms with van der Waals surface area (Å²) in [6, 6.07) is 8.12. The van der Waals surface area contributed by atoms with E-state index < -0.39 is 16.1 Å². The highest BCUT2D eigenvalue weighted by molar-refractivity contribution is 7.89. The zero-order valence-electron chi connectivity index (χ0n) is 10.7. The molecule has 1 heterocycles. The van der Waals surface area contributed by atoms with Gasteiger partial charge >= 0.3 is 0 Å². The fraction of sp³-hybridized carbons (Fsp3) is 0.231. The Hall–Kier alpha value is -0.920. The molecule has 0 saturated heterocycles. The number of benzene rings is 1. The van der Waals surface area contributed by atoms with Crippen LogP contribution in [0.1, 0.15) is 23.4 Å². The third-order valence-corrected chi connectivity index (χ3v) is 5.60. The minimum absolute atomic E-state index is 0.163. The maximum Gasteiger partial charge on any atom is 0.241 e. The highest BCUT2D eigenvalue weighted by atomic mass is 35.5. The second kappa shape index (κ2) is 6.24. The highest BCUT2D eigenvalue weighted by Crippen LogP contribution is 2.23. The van der Waals surface area contributed by atoms with Crippen LogP contribution >= 0.6 is 22.9 Å². The Bertz CT molecular complexity index is 697. The standard InChI is InChI=1S/C13H14ClNO3S2/c1-9(10-3-2-4-11(14)5-10)15-20(17,18)13-6-12(7-16)19-8-13/h2-6,8-9,15-16H,7H2,1H3. The summed E-state index contributed by atoms with van der Waals surface area (Å²) in [4.78, 5) is 0.779. The first-order valence-corrected chi connectivity index (χ1v) is 8.62. The van der Waals surface area contributed by atoms with E-state index in [0.29, 0.717) is 9.90 Å². The molecule has 2 N–H and O–H groups in total. The third-order valence-electron chi connectivity index (χ3n) is 2.78. The van der Waals surface area contributed by atoms with Crippen LogP contribution in [0.15, 0.2) is 40.6 Å². The van der Waals surface area contributed by atoms with Gasteiger partial charge < -0.3 is 5.11 Å². The molecular formula is C13H14ClNO3S2. The molecule has 0 bridgehead atoms. The van der Waals surface area contributed by atoms with Crippen LogP contribution in [0.25, 0.3) is 0 Å². The molecule has 108 valence electrons.